The van der Waals surface area contributed by atoms with Crippen molar-refractivity contribution >= 4 is 15.9 Å². The number of benzene rings is 1. The third-order valence-electron chi connectivity index (χ3n) is 6.33. The first-order chi connectivity index (χ1) is 13.7. The molecule has 2 saturated heterocycles. The number of rotatable bonds is 3. The SMILES string of the molecule is CC(C)(C)c1ccc(S(=O)(=O)N2CCC(C(=O)N3CCCCCCC3)CC2)cc1. The van der Waals surface area contributed by atoms with Crippen LogP contribution in [0.5, 0.6) is 0 Å². The van der Waals surface area contributed by atoms with Gasteiger partial charge < -0.3 is 4.90 Å². The Morgan fingerprint density at radius 1 is 0.862 bits per heavy atom. The molecule has 0 aromatic heterocycles. The molecule has 0 radical (unpaired) electrons. The van der Waals surface area contributed by atoms with Gasteiger partial charge in [-0.1, -0.05) is 52.2 Å². The van der Waals surface area contributed by atoms with Gasteiger partial charge in [-0.3, -0.25) is 4.79 Å². The van der Waals surface area contributed by atoms with E-state index in [4.69, 9.17) is 0 Å². The van der Waals surface area contributed by atoms with E-state index in [1.165, 1.54) is 19.3 Å². The van der Waals surface area contributed by atoms with Crippen LogP contribution in [0.2, 0.25) is 0 Å². The van der Waals surface area contributed by atoms with Crippen LogP contribution in [0.25, 0.3) is 0 Å². The van der Waals surface area contributed by atoms with E-state index in [0.29, 0.717) is 30.8 Å². The standard InChI is InChI=1S/C23H36N2O3S/c1-23(2,3)20-9-11-21(12-10-20)29(27,28)25-17-13-19(14-18-25)22(26)24-15-7-5-4-6-8-16-24/h9-12,19H,4-8,13-18H2,1-3H3. The van der Waals surface area contributed by atoms with Gasteiger partial charge in [-0.25, -0.2) is 8.42 Å². The van der Waals surface area contributed by atoms with Crippen molar-refractivity contribution in [3.63, 3.8) is 0 Å². The van der Waals surface area contributed by atoms with Gasteiger partial charge in [0.25, 0.3) is 0 Å². The second-order valence-electron chi connectivity index (χ2n) is 9.55. The third-order valence-corrected chi connectivity index (χ3v) is 8.24. The summed E-state index contributed by atoms with van der Waals surface area (Å²) in [6.45, 7) is 8.91. The summed E-state index contributed by atoms with van der Waals surface area (Å²) < 4.78 is 27.6. The normalized spacial score (nSPS) is 20.9. The van der Waals surface area contributed by atoms with E-state index >= 15 is 0 Å². The lowest BCUT2D eigenvalue weighted by Gasteiger charge is -2.34. The molecule has 1 aromatic carbocycles. The Bertz CT molecular complexity index is 780. The van der Waals surface area contributed by atoms with Gasteiger partial charge in [0.2, 0.25) is 15.9 Å². The van der Waals surface area contributed by atoms with Crippen LogP contribution in [-0.2, 0) is 20.2 Å². The molecule has 0 atom stereocenters. The first-order valence-corrected chi connectivity index (χ1v) is 12.5. The Morgan fingerprint density at radius 2 is 1.38 bits per heavy atom. The Kier molecular flexibility index (Phi) is 7.05. The Balaban J connectivity index is 1.61. The van der Waals surface area contributed by atoms with Crippen molar-refractivity contribution in [3.8, 4) is 0 Å². The van der Waals surface area contributed by atoms with Gasteiger partial charge in [0.1, 0.15) is 0 Å². The van der Waals surface area contributed by atoms with E-state index in [1.807, 2.05) is 17.0 Å². The highest BCUT2D eigenvalue weighted by Gasteiger charge is 2.34. The number of piperidine rings is 1. The van der Waals surface area contributed by atoms with Crippen LogP contribution in [0.4, 0.5) is 0 Å². The summed E-state index contributed by atoms with van der Waals surface area (Å²) in [6, 6.07) is 7.25. The number of hydrogen-bond acceptors (Lipinski definition) is 3. The van der Waals surface area contributed by atoms with Gasteiger partial charge in [0.05, 0.1) is 4.90 Å². The van der Waals surface area contributed by atoms with Crippen molar-refractivity contribution < 1.29 is 13.2 Å². The Hall–Kier alpha value is -1.40. The van der Waals surface area contributed by atoms with E-state index in [-0.39, 0.29) is 17.2 Å². The molecule has 29 heavy (non-hydrogen) atoms. The highest BCUT2D eigenvalue weighted by molar-refractivity contribution is 7.89. The van der Waals surface area contributed by atoms with E-state index in [0.717, 1.165) is 31.5 Å². The molecule has 3 rings (SSSR count). The van der Waals surface area contributed by atoms with Gasteiger partial charge >= 0.3 is 0 Å². The Labute approximate surface area is 176 Å². The molecule has 5 nitrogen and oxygen atoms in total. The fraction of sp³-hybridized carbons (Fsp3) is 0.696. The van der Waals surface area contributed by atoms with Gasteiger partial charge in [0, 0.05) is 32.1 Å². The molecule has 162 valence electrons. The number of hydrogen-bond donors (Lipinski definition) is 0. The lowest BCUT2D eigenvalue weighted by molar-refractivity contribution is -0.137. The minimum absolute atomic E-state index is 0.00660. The smallest absolute Gasteiger partial charge is 0.243 e. The maximum absolute atomic E-state index is 13.0. The molecule has 2 aliphatic rings. The average Bonchev–Trinajstić information content (AvgIpc) is 2.67. The summed E-state index contributed by atoms with van der Waals surface area (Å²) in [4.78, 5) is 15.3. The number of nitrogens with zero attached hydrogens (tertiary/aromatic N) is 2. The monoisotopic (exact) mass is 420 g/mol. The maximum atomic E-state index is 13.0. The van der Waals surface area contributed by atoms with Gasteiger partial charge in [-0.2, -0.15) is 4.31 Å². The zero-order valence-corrected chi connectivity index (χ0v) is 19.0. The molecule has 2 heterocycles. The molecule has 2 aliphatic heterocycles. The molecule has 1 aromatic rings. The van der Waals surface area contributed by atoms with Crippen LogP contribution in [-0.4, -0.2) is 49.7 Å². The van der Waals surface area contributed by atoms with E-state index in [1.54, 1.807) is 16.4 Å². The van der Waals surface area contributed by atoms with E-state index in [2.05, 4.69) is 20.8 Å². The molecule has 0 spiro atoms. The summed E-state index contributed by atoms with van der Waals surface area (Å²) in [6.07, 6.45) is 7.09. The molecule has 2 fully saturated rings. The average molecular weight is 421 g/mol. The summed E-state index contributed by atoms with van der Waals surface area (Å²) in [5.41, 5.74) is 1.11. The van der Waals surface area contributed by atoms with Crippen molar-refractivity contribution in [2.24, 2.45) is 5.92 Å². The highest BCUT2D eigenvalue weighted by Crippen LogP contribution is 2.28. The topological polar surface area (TPSA) is 57.7 Å². The summed E-state index contributed by atoms with van der Waals surface area (Å²) in [7, 11) is -3.50. The van der Waals surface area contributed by atoms with Crippen molar-refractivity contribution in [2.75, 3.05) is 26.2 Å². The second-order valence-corrected chi connectivity index (χ2v) is 11.5. The fourth-order valence-corrected chi connectivity index (χ4v) is 5.81. The zero-order chi connectivity index (χ0) is 21.1. The van der Waals surface area contributed by atoms with Gasteiger partial charge in [0.15, 0.2) is 0 Å². The second kappa shape index (κ2) is 9.17. The van der Waals surface area contributed by atoms with Crippen LogP contribution < -0.4 is 0 Å². The maximum Gasteiger partial charge on any atom is 0.243 e. The van der Waals surface area contributed by atoms with Crippen molar-refractivity contribution in [1.82, 2.24) is 9.21 Å². The van der Waals surface area contributed by atoms with E-state index in [9.17, 15) is 13.2 Å². The number of carbonyl (C=O) groups excluding carboxylic acids is 1. The van der Waals surface area contributed by atoms with Gasteiger partial charge in [-0.05, 0) is 48.8 Å². The highest BCUT2D eigenvalue weighted by atomic mass is 32.2. The van der Waals surface area contributed by atoms with E-state index < -0.39 is 10.0 Å². The van der Waals surface area contributed by atoms with Crippen LogP contribution in [0.15, 0.2) is 29.2 Å². The van der Waals surface area contributed by atoms with Crippen LogP contribution in [0, 0.1) is 5.92 Å². The van der Waals surface area contributed by atoms with Crippen molar-refractivity contribution in [2.45, 2.75) is 76.0 Å². The molecule has 0 saturated carbocycles. The largest absolute Gasteiger partial charge is 0.342 e. The lowest BCUT2D eigenvalue weighted by atomic mass is 9.87. The number of carbonyl (C=O) groups is 1. The minimum Gasteiger partial charge on any atom is -0.342 e. The van der Waals surface area contributed by atoms with Crippen LogP contribution in [0.3, 0.4) is 0 Å². The third kappa shape index (κ3) is 5.40. The number of likely N-dealkylation sites (tertiary alicyclic amines) is 1. The number of sulfonamides is 1. The summed E-state index contributed by atoms with van der Waals surface area (Å²) in [5.74, 6) is 0.197. The van der Waals surface area contributed by atoms with Gasteiger partial charge in [-0.15, -0.1) is 0 Å². The lowest BCUT2D eigenvalue weighted by Crippen LogP contribution is -2.45. The first-order valence-electron chi connectivity index (χ1n) is 11.1. The zero-order valence-electron chi connectivity index (χ0n) is 18.2. The molecule has 0 N–H and O–H groups in total. The molecule has 0 bridgehead atoms. The molecule has 0 unspecified atom stereocenters. The summed E-state index contributed by atoms with van der Waals surface area (Å²) in [5, 5.41) is 0. The molecule has 0 aliphatic carbocycles. The molecule has 1 amide bonds. The predicted molar refractivity (Wildman–Crippen MR) is 116 cm³/mol. The fourth-order valence-electron chi connectivity index (χ4n) is 4.35. The Morgan fingerprint density at radius 3 is 1.90 bits per heavy atom. The summed E-state index contributed by atoms with van der Waals surface area (Å²) >= 11 is 0. The molecular weight excluding hydrogens is 384 g/mol. The predicted octanol–water partition coefficient (Wildman–Crippen LogP) is 4.18. The van der Waals surface area contributed by atoms with Crippen molar-refractivity contribution in [1.29, 1.82) is 0 Å². The quantitative estimate of drug-likeness (QED) is 0.737. The minimum atomic E-state index is -3.50. The first kappa shape index (κ1) is 22.3. The molecule has 6 heteroatoms. The number of amides is 1. The van der Waals surface area contributed by atoms with Crippen LogP contribution >= 0.6 is 0 Å². The van der Waals surface area contributed by atoms with Crippen molar-refractivity contribution in [3.05, 3.63) is 29.8 Å². The molecular formula is C23H36N2O3S. The van der Waals surface area contributed by atoms with Crippen LogP contribution in [0.1, 0.15) is 71.3 Å².